The van der Waals surface area contributed by atoms with E-state index in [2.05, 4.69) is 15.4 Å². The maximum atomic E-state index is 12.5. The summed E-state index contributed by atoms with van der Waals surface area (Å²) < 4.78 is 10.2. The highest BCUT2D eigenvalue weighted by atomic mass is 16.5. The van der Waals surface area contributed by atoms with E-state index in [9.17, 15) is 14.4 Å². The monoisotopic (exact) mass is 404 g/mol. The van der Waals surface area contributed by atoms with Gasteiger partial charge in [0.2, 0.25) is 0 Å². The lowest BCUT2D eigenvalue weighted by Crippen LogP contribution is -2.30. The van der Waals surface area contributed by atoms with E-state index >= 15 is 0 Å². The number of carbonyl (C=O) groups is 3. The van der Waals surface area contributed by atoms with E-state index in [1.807, 2.05) is 30.3 Å². The molecule has 0 aliphatic rings. The highest BCUT2D eigenvalue weighted by molar-refractivity contribution is 6.05. The summed E-state index contributed by atoms with van der Waals surface area (Å²) in [5.74, 6) is -0.00110. The molecule has 7 heteroatoms. The number of anilines is 1. The van der Waals surface area contributed by atoms with Gasteiger partial charge in [0, 0.05) is 16.8 Å². The van der Waals surface area contributed by atoms with Crippen molar-refractivity contribution in [1.29, 1.82) is 0 Å². The SMILES string of the molecule is COC(=O)CNC(=O)c1cccc(NC(=O)c2ccc(Oc3ccccc3)cc2)c1. The van der Waals surface area contributed by atoms with E-state index < -0.39 is 11.9 Å². The molecule has 0 radical (unpaired) electrons. The van der Waals surface area contributed by atoms with E-state index in [-0.39, 0.29) is 12.5 Å². The highest BCUT2D eigenvalue weighted by Gasteiger charge is 2.11. The first-order chi connectivity index (χ1) is 14.5. The molecule has 0 bridgehead atoms. The minimum absolute atomic E-state index is 0.233. The third kappa shape index (κ3) is 5.68. The molecule has 0 aromatic heterocycles. The van der Waals surface area contributed by atoms with Gasteiger partial charge in [-0.15, -0.1) is 0 Å². The van der Waals surface area contributed by atoms with Gasteiger partial charge in [0.05, 0.1) is 7.11 Å². The molecule has 0 aliphatic carbocycles. The number of ether oxygens (including phenoxy) is 2. The maximum Gasteiger partial charge on any atom is 0.325 e. The summed E-state index contributed by atoms with van der Waals surface area (Å²) in [5.41, 5.74) is 1.20. The van der Waals surface area contributed by atoms with E-state index in [0.29, 0.717) is 28.3 Å². The minimum atomic E-state index is -0.549. The van der Waals surface area contributed by atoms with Crippen molar-refractivity contribution in [3.8, 4) is 11.5 Å². The Labute approximate surface area is 173 Å². The second-order valence-electron chi connectivity index (χ2n) is 6.23. The first kappa shape index (κ1) is 20.6. The second kappa shape index (κ2) is 9.88. The summed E-state index contributed by atoms with van der Waals surface area (Å²) in [6.45, 7) is -0.233. The average Bonchev–Trinajstić information content (AvgIpc) is 2.78. The molecule has 2 N–H and O–H groups in total. The molecule has 152 valence electrons. The van der Waals surface area contributed by atoms with Crippen LogP contribution in [-0.4, -0.2) is 31.4 Å². The van der Waals surface area contributed by atoms with Crippen molar-refractivity contribution in [2.24, 2.45) is 0 Å². The van der Waals surface area contributed by atoms with Crippen molar-refractivity contribution >= 4 is 23.5 Å². The van der Waals surface area contributed by atoms with Crippen LogP contribution < -0.4 is 15.4 Å². The van der Waals surface area contributed by atoms with E-state index in [0.717, 1.165) is 0 Å². The molecule has 0 aliphatic heterocycles. The van der Waals surface area contributed by atoms with Crippen LogP contribution in [0.15, 0.2) is 78.9 Å². The van der Waals surface area contributed by atoms with Crippen molar-refractivity contribution in [2.45, 2.75) is 0 Å². The van der Waals surface area contributed by atoms with Gasteiger partial charge < -0.3 is 20.1 Å². The quantitative estimate of drug-likeness (QED) is 0.587. The predicted octanol–water partition coefficient (Wildman–Crippen LogP) is 3.63. The molecule has 0 atom stereocenters. The Morgan fingerprint density at radius 2 is 1.47 bits per heavy atom. The Bertz CT molecular complexity index is 1030. The van der Waals surface area contributed by atoms with Gasteiger partial charge >= 0.3 is 5.97 Å². The van der Waals surface area contributed by atoms with Gasteiger partial charge in [0.25, 0.3) is 11.8 Å². The number of hydrogen-bond acceptors (Lipinski definition) is 5. The summed E-state index contributed by atoms with van der Waals surface area (Å²) in [7, 11) is 1.24. The van der Waals surface area contributed by atoms with E-state index in [1.165, 1.54) is 13.2 Å². The van der Waals surface area contributed by atoms with Crippen LogP contribution in [0.25, 0.3) is 0 Å². The standard InChI is InChI=1S/C23H20N2O5/c1-29-21(26)15-24-22(27)17-6-5-7-18(14-17)25-23(28)16-10-12-20(13-11-16)30-19-8-3-2-4-9-19/h2-14H,15H2,1H3,(H,24,27)(H,25,28). The smallest absolute Gasteiger partial charge is 0.325 e. The van der Waals surface area contributed by atoms with Crippen LogP contribution in [0.5, 0.6) is 11.5 Å². The molecule has 0 spiro atoms. The Hall–Kier alpha value is -4.13. The van der Waals surface area contributed by atoms with Gasteiger partial charge in [-0.25, -0.2) is 0 Å². The zero-order valence-corrected chi connectivity index (χ0v) is 16.3. The molecule has 0 saturated carbocycles. The molecule has 2 amide bonds. The lowest BCUT2D eigenvalue weighted by molar-refractivity contribution is -0.139. The number of rotatable bonds is 7. The van der Waals surface area contributed by atoms with Crippen LogP contribution >= 0.6 is 0 Å². The number of amides is 2. The van der Waals surface area contributed by atoms with Gasteiger partial charge in [-0.1, -0.05) is 24.3 Å². The Morgan fingerprint density at radius 1 is 0.767 bits per heavy atom. The maximum absolute atomic E-state index is 12.5. The number of nitrogens with one attached hydrogen (secondary N) is 2. The van der Waals surface area contributed by atoms with Gasteiger partial charge in [-0.3, -0.25) is 14.4 Å². The van der Waals surface area contributed by atoms with Crippen LogP contribution in [0.3, 0.4) is 0 Å². The van der Waals surface area contributed by atoms with Crippen LogP contribution in [0.2, 0.25) is 0 Å². The van der Waals surface area contributed by atoms with Crippen molar-refractivity contribution in [1.82, 2.24) is 5.32 Å². The van der Waals surface area contributed by atoms with Crippen LogP contribution in [0.4, 0.5) is 5.69 Å². The molecule has 0 fully saturated rings. The molecule has 7 nitrogen and oxygen atoms in total. The molecule has 3 aromatic rings. The fourth-order valence-electron chi connectivity index (χ4n) is 2.57. The zero-order valence-electron chi connectivity index (χ0n) is 16.3. The lowest BCUT2D eigenvalue weighted by Gasteiger charge is -2.09. The molecule has 30 heavy (non-hydrogen) atoms. The number of esters is 1. The second-order valence-corrected chi connectivity index (χ2v) is 6.23. The van der Waals surface area contributed by atoms with Crippen molar-refractivity contribution < 1.29 is 23.9 Å². The first-order valence-corrected chi connectivity index (χ1v) is 9.14. The molecule has 3 rings (SSSR count). The van der Waals surface area contributed by atoms with Crippen LogP contribution in [0, 0.1) is 0 Å². The average molecular weight is 404 g/mol. The van der Waals surface area contributed by atoms with Gasteiger partial charge in [0.15, 0.2) is 0 Å². The largest absolute Gasteiger partial charge is 0.468 e. The third-order valence-electron chi connectivity index (χ3n) is 4.10. The van der Waals surface area contributed by atoms with Gasteiger partial charge in [-0.2, -0.15) is 0 Å². The molecular weight excluding hydrogens is 384 g/mol. The summed E-state index contributed by atoms with van der Waals surface area (Å²) in [5, 5.41) is 5.20. The number of methoxy groups -OCH3 is 1. The fourth-order valence-corrected chi connectivity index (χ4v) is 2.57. The number of para-hydroxylation sites is 1. The topological polar surface area (TPSA) is 93.7 Å². The number of benzene rings is 3. The fraction of sp³-hybridized carbons (Fsp3) is 0.0870. The normalized spacial score (nSPS) is 10.0. The molecular formula is C23H20N2O5. The summed E-state index contributed by atoms with van der Waals surface area (Å²) in [6, 6.07) is 22.5. The first-order valence-electron chi connectivity index (χ1n) is 9.14. The molecule has 0 saturated heterocycles. The van der Waals surface area contributed by atoms with Gasteiger partial charge in [-0.05, 0) is 54.6 Å². The number of hydrogen-bond donors (Lipinski definition) is 2. The summed E-state index contributed by atoms with van der Waals surface area (Å²) in [4.78, 5) is 35.8. The molecule has 3 aromatic carbocycles. The number of carbonyl (C=O) groups excluding carboxylic acids is 3. The Morgan fingerprint density at radius 3 is 2.17 bits per heavy atom. The third-order valence-corrected chi connectivity index (χ3v) is 4.10. The van der Waals surface area contributed by atoms with Crippen LogP contribution in [-0.2, 0) is 9.53 Å². The van der Waals surface area contributed by atoms with Gasteiger partial charge in [0.1, 0.15) is 18.0 Å². The van der Waals surface area contributed by atoms with Crippen LogP contribution in [0.1, 0.15) is 20.7 Å². The summed E-state index contributed by atoms with van der Waals surface area (Å²) >= 11 is 0. The predicted molar refractivity (Wildman–Crippen MR) is 112 cm³/mol. The lowest BCUT2D eigenvalue weighted by atomic mass is 10.1. The van der Waals surface area contributed by atoms with Crippen molar-refractivity contribution in [2.75, 3.05) is 19.0 Å². The Kier molecular flexibility index (Phi) is 6.78. The van der Waals surface area contributed by atoms with Crippen molar-refractivity contribution in [3.05, 3.63) is 90.0 Å². The minimum Gasteiger partial charge on any atom is -0.468 e. The van der Waals surface area contributed by atoms with E-state index in [4.69, 9.17) is 4.74 Å². The zero-order chi connectivity index (χ0) is 21.3. The molecule has 0 unspecified atom stereocenters. The Balaban J connectivity index is 1.61. The summed E-state index contributed by atoms with van der Waals surface area (Å²) in [6.07, 6.45) is 0. The van der Waals surface area contributed by atoms with Crippen molar-refractivity contribution in [3.63, 3.8) is 0 Å². The highest BCUT2D eigenvalue weighted by Crippen LogP contribution is 2.21. The van der Waals surface area contributed by atoms with E-state index in [1.54, 1.807) is 42.5 Å². The molecule has 0 heterocycles.